The Morgan fingerprint density at radius 1 is 1.00 bits per heavy atom. The number of nitrogens with zero attached hydrogens (tertiary/aromatic N) is 1. The SMILES string of the molecule is COc1ccc(/C(C#N)=C/c2ccc(OC(C)C)cc2)cc1OC. The van der Waals surface area contributed by atoms with Gasteiger partial charge < -0.3 is 14.2 Å². The molecule has 0 aromatic heterocycles. The van der Waals surface area contributed by atoms with Gasteiger partial charge in [0.2, 0.25) is 0 Å². The van der Waals surface area contributed by atoms with E-state index in [9.17, 15) is 5.26 Å². The zero-order chi connectivity index (χ0) is 17.5. The van der Waals surface area contributed by atoms with Crippen LogP contribution in [0.1, 0.15) is 25.0 Å². The number of allylic oxidation sites excluding steroid dienone is 1. The van der Waals surface area contributed by atoms with Gasteiger partial charge in [0.1, 0.15) is 5.75 Å². The molecule has 0 saturated carbocycles. The predicted octanol–water partition coefficient (Wildman–Crippen LogP) is 4.56. The summed E-state index contributed by atoms with van der Waals surface area (Å²) in [5, 5.41) is 9.49. The van der Waals surface area contributed by atoms with Gasteiger partial charge in [-0.15, -0.1) is 0 Å². The van der Waals surface area contributed by atoms with Gasteiger partial charge in [-0.05, 0) is 61.4 Å². The molecule has 0 fully saturated rings. The Balaban J connectivity index is 2.31. The van der Waals surface area contributed by atoms with Crippen LogP contribution in [-0.4, -0.2) is 20.3 Å². The molecule has 0 unspecified atom stereocenters. The lowest BCUT2D eigenvalue weighted by Gasteiger charge is -2.10. The van der Waals surface area contributed by atoms with Gasteiger partial charge in [0.15, 0.2) is 11.5 Å². The van der Waals surface area contributed by atoms with Gasteiger partial charge in [-0.1, -0.05) is 12.1 Å². The molecule has 124 valence electrons. The molecule has 0 amide bonds. The molecule has 0 aliphatic rings. The maximum Gasteiger partial charge on any atom is 0.161 e. The first kappa shape index (κ1) is 17.4. The van der Waals surface area contributed by atoms with E-state index in [0.29, 0.717) is 17.1 Å². The van der Waals surface area contributed by atoms with Crippen LogP contribution in [0.5, 0.6) is 17.2 Å². The lowest BCUT2D eigenvalue weighted by atomic mass is 10.0. The van der Waals surface area contributed by atoms with Crippen molar-refractivity contribution in [3.8, 4) is 23.3 Å². The molecule has 24 heavy (non-hydrogen) atoms. The van der Waals surface area contributed by atoms with Crippen molar-refractivity contribution in [2.45, 2.75) is 20.0 Å². The zero-order valence-electron chi connectivity index (χ0n) is 14.4. The molecule has 2 aromatic rings. The molecular formula is C20H21NO3. The van der Waals surface area contributed by atoms with E-state index >= 15 is 0 Å². The Kier molecular flexibility index (Phi) is 5.86. The smallest absolute Gasteiger partial charge is 0.161 e. The average molecular weight is 323 g/mol. The highest BCUT2D eigenvalue weighted by Crippen LogP contribution is 2.31. The first-order valence-electron chi connectivity index (χ1n) is 7.68. The van der Waals surface area contributed by atoms with Crippen molar-refractivity contribution in [1.29, 1.82) is 5.26 Å². The van der Waals surface area contributed by atoms with Gasteiger partial charge in [0.05, 0.1) is 32.0 Å². The number of ether oxygens (including phenoxy) is 3. The lowest BCUT2D eigenvalue weighted by molar-refractivity contribution is 0.242. The highest BCUT2D eigenvalue weighted by molar-refractivity contribution is 5.90. The van der Waals surface area contributed by atoms with Crippen LogP contribution in [0.2, 0.25) is 0 Å². The summed E-state index contributed by atoms with van der Waals surface area (Å²) in [5.74, 6) is 2.04. The normalized spacial score (nSPS) is 11.1. The fourth-order valence-electron chi connectivity index (χ4n) is 2.27. The molecule has 0 heterocycles. The minimum absolute atomic E-state index is 0.132. The van der Waals surface area contributed by atoms with Crippen LogP contribution in [0, 0.1) is 11.3 Å². The van der Waals surface area contributed by atoms with Crippen molar-refractivity contribution < 1.29 is 14.2 Å². The fourth-order valence-corrected chi connectivity index (χ4v) is 2.27. The van der Waals surface area contributed by atoms with Crippen molar-refractivity contribution in [2.24, 2.45) is 0 Å². The molecule has 4 heteroatoms. The van der Waals surface area contributed by atoms with Crippen molar-refractivity contribution in [3.05, 3.63) is 53.6 Å². The van der Waals surface area contributed by atoms with E-state index in [1.165, 1.54) is 0 Å². The van der Waals surface area contributed by atoms with Crippen molar-refractivity contribution in [2.75, 3.05) is 14.2 Å². The Bertz CT molecular complexity index is 755. The number of hydrogen-bond acceptors (Lipinski definition) is 4. The van der Waals surface area contributed by atoms with Gasteiger partial charge in [0.25, 0.3) is 0 Å². The molecule has 0 radical (unpaired) electrons. The van der Waals surface area contributed by atoms with Crippen molar-refractivity contribution >= 4 is 11.6 Å². The molecule has 2 rings (SSSR count). The number of rotatable bonds is 6. The van der Waals surface area contributed by atoms with Gasteiger partial charge in [-0.2, -0.15) is 5.26 Å². The number of benzene rings is 2. The largest absolute Gasteiger partial charge is 0.493 e. The molecule has 0 bridgehead atoms. The first-order valence-corrected chi connectivity index (χ1v) is 7.68. The van der Waals surface area contributed by atoms with Crippen LogP contribution < -0.4 is 14.2 Å². The molecule has 0 spiro atoms. The van der Waals surface area contributed by atoms with E-state index in [1.807, 2.05) is 50.3 Å². The summed E-state index contributed by atoms with van der Waals surface area (Å²) in [5.41, 5.74) is 2.25. The Morgan fingerprint density at radius 3 is 2.21 bits per heavy atom. The van der Waals surface area contributed by atoms with E-state index in [-0.39, 0.29) is 6.10 Å². The third-order valence-corrected chi connectivity index (χ3v) is 3.38. The quantitative estimate of drug-likeness (QED) is 0.578. The predicted molar refractivity (Wildman–Crippen MR) is 95.2 cm³/mol. The van der Waals surface area contributed by atoms with E-state index in [4.69, 9.17) is 14.2 Å². The summed E-state index contributed by atoms with van der Waals surface area (Å²) in [4.78, 5) is 0. The van der Waals surface area contributed by atoms with Crippen LogP contribution in [-0.2, 0) is 0 Å². The number of nitriles is 1. The van der Waals surface area contributed by atoms with Gasteiger partial charge in [-0.3, -0.25) is 0 Å². The van der Waals surface area contributed by atoms with Gasteiger partial charge in [-0.25, -0.2) is 0 Å². The summed E-state index contributed by atoms with van der Waals surface area (Å²) in [6, 6.07) is 15.3. The molecule has 0 aliphatic carbocycles. The molecule has 0 saturated heterocycles. The Labute approximate surface area is 142 Å². The molecule has 0 N–H and O–H groups in total. The van der Waals surface area contributed by atoms with Crippen molar-refractivity contribution in [3.63, 3.8) is 0 Å². The zero-order valence-corrected chi connectivity index (χ0v) is 14.4. The topological polar surface area (TPSA) is 51.5 Å². The minimum atomic E-state index is 0.132. The first-order chi connectivity index (χ1) is 11.6. The van der Waals surface area contributed by atoms with Gasteiger partial charge in [0, 0.05) is 0 Å². The molecule has 0 aliphatic heterocycles. The van der Waals surface area contributed by atoms with Crippen LogP contribution in [0.25, 0.3) is 11.6 Å². The second-order valence-corrected chi connectivity index (χ2v) is 5.48. The number of hydrogen-bond donors (Lipinski definition) is 0. The summed E-state index contributed by atoms with van der Waals surface area (Å²) in [6.07, 6.45) is 1.97. The third-order valence-electron chi connectivity index (χ3n) is 3.38. The minimum Gasteiger partial charge on any atom is -0.493 e. The summed E-state index contributed by atoms with van der Waals surface area (Å²) in [6.45, 7) is 3.97. The lowest BCUT2D eigenvalue weighted by Crippen LogP contribution is -2.05. The maximum absolute atomic E-state index is 9.49. The second-order valence-electron chi connectivity index (χ2n) is 5.48. The van der Waals surface area contributed by atoms with Crippen molar-refractivity contribution in [1.82, 2.24) is 0 Å². The van der Waals surface area contributed by atoms with Crippen LogP contribution in [0.15, 0.2) is 42.5 Å². The highest BCUT2D eigenvalue weighted by Gasteiger charge is 2.08. The Hall–Kier alpha value is -2.93. The van der Waals surface area contributed by atoms with E-state index in [1.54, 1.807) is 26.4 Å². The Morgan fingerprint density at radius 2 is 1.67 bits per heavy atom. The standard InChI is InChI=1S/C20H21NO3/c1-14(2)24-18-8-5-15(6-9-18)11-17(13-21)16-7-10-19(22-3)20(12-16)23-4/h5-12,14H,1-4H3/b17-11+. The molecule has 4 nitrogen and oxygen atoms in total. The maximum atomic E-state index is 9.49. The molecule has 2 aromatic carbocycles. The van der Waals surface area contributed by atoms with Crippen LogP contribution in [0.4, 0.5) is 0 Å². The molecule has 0 atom stereocenters. The summed E-state index contributed by atoms with van der Waals surface area (Å²) >= 11 is 0. The summed E-state index contributed by atoms with van der Waals surface area (Å²) in [7, 11) is 3.16. The summed E-state index contributed by atoms with van der Waals surface area (Å²) < 4.78 is 16.1. The fraction of sp³-hybridized carbons (Fsp3) is 0.250. The van der Waals surface area contributed by atoms with Crippen LogP contribution in [0.3, 0.4) is 0 Å². The van der Waals surface area contributed by atoms with Gasteiger partial charge >= 0.3 is 0 Å². The molecular weight excluding hydrogens is 302 g/mol. The highest BCUT2D eigenvalue weighted by atomic mass is 16.5. The second kappa shape index (κ2) is 8.07. The monoisotopic (exact) mass is 323 g/mol. The average Bonchev–Trinajstić information content (AvgIpc) is 2.60. The van der Waals surface area contributed by atoms with E-state index in [2.05, 4.69) is 6.07 Å². The number of methoxy groups -OCH3 is 2. The third kappa shape index (κ3) is 4.30. The van der Waals surface area contributed by atoms with Crippen LogP contribution >= 0.6 is 0 Å². The van der Waals surface area contributed by atoms with E-state index < -0.39 is 0 Å². The van der Waals surface area contributed by atoms with E-state index in [0.717, 1.165) is 16.9 Å².